The molecular formula is C59H92O6. The Kier molecular flexibility index (Phi) is 48.6. The van der Waals surface area contributed by atoms with Gasteiger partial charge in [-0.25, -0.2) is 0 Å². The van der Waals surface area contributed by atoms with Gasteiger partial charge < -0.3 is 14.2 Å². The Balaban J connectivity index is 4.62. The van der Waals surface area contributed by atoms with Crippen LogP contribution in [0.2, 0.25) is 0 Å². The zero-order valence-electron chi connectivity index (χ0n) is 41.4. The SMILES string of the molecule is CC/C=C\C/C=C\C/C=C\C/C=C\C/C=C\C/C=C\CCC(=O)OCC(COC(=O)CCCCC/C=C\C=C/CCCC)OC(=O)CCC/C=C\C/C=C\C/C=C\CCCCCCCC. The lowest BCUT2D eigenvalue weighted by atomic mass is 10.1. The molecule has 364 valence electrons. The Morgan fingerprint density at radius 2 is 0.708 bits per heavy atom. The molecular weight excluding hydrogens is 805 g/mol. The second-order valence-corrected chi connectivity index (χ2v) is 16.4. The summed E-state index contributed by atoms with van der Waals surface area (Å²) < 4.78 is 16.6. The molecule has 0 saturated heterocycles. The number of carbonyl (C=O) groups excluding carboxylic acids is 3. The van der Waals surface area contributed by atoms with E-state index in [9.17, 15) is 14.4 Å². The highest BCUT2D eigenvalue weighted by Crippen LogP contribution is 2.10. The first kappa shape index (κ1) is 60.5. The molecule has 6 nitrogen and oxygen atoms in total. The molecule has 1 atom stereocenters. The maximum atomic E-state index is 12.8. The fraction of sp³-hybridized carbons (Fsp3) is 0.576. The highest BCUT2D eigenvalue weighted by Gasteiger charge is 2.19. The number of esters is 3. The number of unbranched alkanes of at least 4 members (excludes halogenated alkanes) is 12. The average Bonchev–Trinajstić information content (AvgIpc) is 3.30. The van der Waals surface area contributed by atoms with Crippen LogP contribution in [0.4, 0.5) is 0 Å². The van der Waals surface area contributed by atoms with Crippen molar-refractivity contribution < 1.29 is 28.6 Å². The van der Waals surface area contributed by atoms with Crippen LogP contribution < -0.4 is 0 Å². The first-order chi connectivity index (χ1) is 32.0. The highest BCUT2D eigenvalue weighted by molar-refractivity contribution is 5.71. The van der Waals surface area contributed by atoms with Crippen molar-refractivity contribution in [2.24, 2.45) is 0 Å². The third-order valence-corrected chi connectivity index (χ3v) is 10.1. The molecule has 0 bridgehead atoms. The van der Waals surface area contributed by atoms with Crippen molar-refractivity contribution in [3.63, 3.8) is 0 Å². The largest absolute Gasteiger partial charge is 0.462 e. The molecule has 0 aromatic carbocycles. The topological polar surface area (TPSA) is 78.9 Å². The number of ether oxygens (including phenoxy) is 3. The maximum absolute atomic E-state index is 12.8. The first-order valence-corrected chi connectivity index (χ1v) is 25.7. The van der Waals surface area contributed by atoms with Crippen LogP contribution in [0.1, 0.15) is 201 Å². The molecule has 0 rings (SSSR count). The van der Waals surface area contributed by atoms with Gasteiger partial charge in [0, 0.05) is 19.3 Å². The molecule has 0 spiro atoms. The lowest BCUT2D eigenvalue weighted by Gasteiger charge is -2.18. The van der Waals surface area contributed by atoms with Crippen LogP contribution in [0.25, 0.3) is 0 Å². The Hall–Kier alpha value is -4.45. The van der Waals surface area contributed by atoms with Gasteiger partial charge in [0.2, 0.25) is 0 Å². The van der Waals surface area contributed by atoms with E-state index in [1.54, 1.807) is 0 Å². The Labute approximate surface area is 398 Å². The third kappa shape index (κ3) is 50.4. The van der Waals surface area contributed by atoms with Crippen LogP contribution in [0.15, 0.2) is 134 Å². The van der Waals surface area contributed by atoms with Crippen molar-refractivity contribution in [1.29, 1.82) is 0 Å². The second-order valence-electron chi connectivity index (χ2n) is 16.4. The number of allylic oxidation sites excluding steroid dienone is 22. The molecule has 0 aliphatic heterocycles. The molecule has 0 aliphatic carbocycles. The minimum absolute atomic E-state index is 0.140. The van der Waals surface area contributed by atoms with E-state index >= 15 is 0 Å². The summed E-state index contributed by atoms with van der Waals surface area (Å²) in [5, 5.41) is 0. The van der Waals surface area contributed by atoms with Gasteiger partial charge in [-0.15, -0.1) is 0 Å². The minimum Gasteiger partial charge on any atom is -0.462 e. The van der Waals surface area contributed by atoms with Gasteiger partial charge in [0.05, 0.1) is 0 Å². The van der Waals surface area contributed by atoms with Gasteiger partial charge in [-0.1, -0.05) is 206 Å². The molecule has 0 N–H and O–H groups in total. The normalized spacial score (nSPS) is 13.2. The number of hydrogen-bond acceptors (Lipinski definition) is 6. The predicted octanol–water partition coefficient (Wildman–Crippen LogP) is 17.1. The van der Waals surface area contributed by atoms with Crippen LogP contribution in [-0.4, -0.2) is 37.2 Å². The van der Waals surface area contributed by atoms with E-state index in [1.165, 1.54) is 57.8 Å². The summed E-state index contributed by atoms with van der Waals surface area (Å²) in [6.45, 7) is 6.30. The zero-order chi connectivity index (χ0) is 47.2. The van der Waals surface area contributed by atoms with E-state index < -0.39 is 12.1 Å². The highest BCUT2D eigenvalue weighted by atomic mass is 16.6. The minimum atomic E-state index is -0.850. The van der Waals surface area contributed by atoms with Crippen molar-refractivity contribution in [2.45, 2.75) is 207 Å². The number of carbonyl (C=O) groups is 3. The van der Waals surface area contributed by atoms with Crippen LogP contribution >= 0.6 is 0 Å². The molecule has 0 radical (unpaired) electrons. The Morgan fingerprint density at radius 3 is 1.22 bits per heavy atom. The van der Waals surface area contributed by atoms with E-state index in [0.29, 0.717) is 19.3 Å². The molecule has 6 heteroatoms. The van der Waals surface area contributed by atoms with Crippen LogP contribution in [-0.2, 0) is 28.6 Å². The summed E-state index contributed by atoms with van der Waals surface area (Å²) in [6.07, 6.45) is 73.1. The van der Waals surface area contributed by atoms with E-state index in [0.717, 1.165) is 89.9 Å². The summed E-state index contributed by atoms with van der Waals surface area (Å²) >= 11 is 0. The molecule has 0 amide bonds. The van der Waals surface area contributed by atoms with Crippen molar-refractivity contribution >= 4 is 17.9 Å². The van der Waals surface area contributed by atoms with Crippen LogP contribution in [0.3, 0.4) is 0 Å². The van der Waals surface area contributed by atoms with Gasteiger partial charge in [0.25, 0.3) is 0 Å². The summed E-state index contributed by atoms with van der Waals surface area (Å²) in [4.78, 5) is 37.9. The monoisotopic (exact) mass is 897 g/mol. The average molecular weight is 897 g/mol. The smallest absolute Gasteiger partial charge is 0.306 e. The van der Waals surface area contributed by atoms with Gasteiger partial charge in [-0.05, 0) is 109 Å². The van der Waals surface area contributed by atoms with Crippen molar-refractivity contribution in [1.82, 2.24) is 0 Å². The Morgan fingerprint density at radius 1 is 0.338 bits per heavy atom. The van der Waals surface area contributed by atoms with E-state index in [-0.39, 0.29) is 38.0 Å². The first-order valence-electron chi connectivity index (χ1n) is 25.7. The number of hydrogen-bond donors (Lipinski definition) is 0. The van der Waals surface area contributed by atoms with Crippen LogP contribution in [0, 0.1) is 0 Å². The molecule has 0 aromatic heterocycles. The molecule has 0 saturated carbocycles. The fourth-order valence-corrected chi connectivity index (χ4v) is 6.28. The van der Waals surface area contributed by atoms with Crippen molar-refractivity contribution in [3.8, 4) is 0 Å². The summed E-state index contributed by atoms with van der Waals surface area (Å²) in [7, 11) is 0. The predicted molar refractivity (Wildman–Crippen MR) is 279 cm³/mol. The van der Waals surface area contributed by atoms with Crippen molar-refractivity contribution in [2.75, 3.05) is 13.2 Å². The summed E-state index contributed by atoms with van der Waals surface area (Å²) in [5.74, 6) is -1.12. The summed E-state index contributed by atoms with van der Waals surface area (Å²) in [6, 6.07) is 0. The fourth-order valence-electron chi connectivity index (χ4n) is 6.28. The van der Waals surface area contributed by atoms with Crippen LogP contribution in [0.5, 0.6) is 0 Å². The van der Waals surface area contributed by atoms with Gasteiger partial charge in [0.15, 0.2) is 6.10 Å². The molecule has 0 aromatic rings. The molecule has 65 heavy (non-hydrogen) atoms. The molecule has 1 unspecified atom stereocenters. The summed E-state index contributed by atoms with van der Waals surface area (Å²) in [5.41, 5.74) is 0. The third-order valence-electron chi connectivity index (χ3n) is 10.1. The van der Waals surface area contributed by atoms with Gasteiger partial charge in [0.1, 0.15) is 13.2 Å². The van der Waals surface area contributed by atoms with E-state index in [1.807, 2.05) is 12.2 Å². The second kappa shape index (κ2) is 52.2. The number of rotatable bonds is 44. The zero-order valence-corrected chi connectivity index (χ0v) is 41.4. The van der Waals surface area contributed by atoms with Gasteiger partial charge in [-0.2, -0.15) is 0 Å². The molecule has 0 aliphatic rings. The van der Waals surface area contributed by atoms with E-state index in [2.05, 4.69) is 142 Å². The van der Waals surface area contributed by atoms with Crippen molar-refractivity contribution in [3.05, 3.63) is 134 Å². The maximum Gasteiger partial charge on any atom is 0.306 e. The quantitative estimate of drug-likeness (QED) is 0.0199. The Bertz CT molecular complexity index is 1450. The molecule has 0 fully saturated rings. The van der Waals surface area contributed by atoms with Gasteiger partial charge >= 0.3 is 17.9 Å². The lowest BCUT2D eigenvalue weighted by Crippen LogP contribution is -2.30. The molecule has 0 heterocycles. The van der Waals surface area contributed by atoms with E-state index in [4.69, 9.17) is 14.2 Å². The van der Waals surface area contributed by atoms with Gasteiger partial charge in [-0.3, -0.25) is 14.4 Å². The lowest BCUT2D eigenvalue weighted by molar-refractivity contribution is -0.166. The standard InChI is InChI=1S/C59H92O6/c1-4-7-10-13-16-19-22-24-26-28-29-31-32-34-37-40-43-46-49-52-58(61)64-55-56(54-63-57(60)51-48-45-42-39-36-21-18-15-12-9-6-3)65-59(62)53-50-47-44-41-38-35-33-30-27-25-23-20-17-14-11-8-5-2/h7,10,15-16,18-19,21,24-27,29,31,33-37,41,43-44,46,56H,4-6,8-9,11-14,17,20,22-23,28,30,32,38-40,42,45,47-55H2,1-3H3/b10-7-,18-15-,19-16-,26-24-,27-25-,31-29-,35-33-,36-21-,37-34-,44-41-,46-43-.